The third kappa shape index (κ3) is 4.96. The van der Waals surface area contributed by atoms with E-state index in [1.807, 2.05) is 29.2 Å². The Labute approximate surface area is 114 Å². The van der Waals surface area contributed by atoms with Crippen molar-refractivity contribution < 1.29 is 4.79 Å². The van der Waals surface area contributed by atoms with E-state index in [9.17, 15) is 4.79 Å². The van der Waals surface area contributed by atoms with Crippen LogP contribution in [0.2, 0.25) is 5.02 Å². The number of urea groups is 1. The molecule has 18 heavy (non-hydrogen) atoms. The standard InChI is InChI=1S/C14H21ClN2O/c1-3-9-17(10-4-2)14(18)16-11-12-5-7-13(15)8-6-12/h5-8H,3-4,9-11H2,1-2H3,(H,16,18). The molecular weight excluding hydrogens is 248 g/mol. The number of hydrogen-bond donors (Lipinski definition) is 1. The summed E-state index contributed by atoms with van der Waals surface area (Å²) in [5.74, 6) is 0. The second-order valence-corrected chi connectivity index (χ2v) is 4.71. The van der Waals surface area contributed by atoms with Crippen LogP contribution in [0.1, 0.15) is 32.3 Å². The molecule has 4 heteroatoms. The molecule has 0 atom stereocenters. The second-order valence-electron chi connectivity index (χ2n) is 4.27. The highest BCUT2D eigenvalue weighted by atomic mass is 35.5. The predicted molar refractivity (Wildman–Crippen MR) is 75.8 cm³/mol. The fourth-order valence-corrected chi connectivity index (χ4v) is 1.87. The molecule has 100 valence electrons. The number of halogens is 1. The highest BCUT2D eigenvalue weighted by Gasteiger charge is 2.10. The molecule has 0 heterocycles. The van der Waals surface area contributed by atoms with Gasteiger partial charge in [-0.25, -0.2) is 4.79 Å². The number of carbonyl (C=O) groups is 1. The molecule has 2 amide bonds. The molecule has 0 aliphatic carbocycles. The van der Waals surface area contributed by atoms with Crippen molar-refractivity contribution in [2.45, 2.75) is 33.2 Å². The first kappa shape index (κ1) is 14.8. The molecule has 1 N–H and O–H groups in total. The van der Waals surface area contributed by atoms with Crippen LogP contribution in [0.4, 0.5) is 4.79 Å². The molecule has 0 aliphatic heterocycles. The lowest BCUT2D eigenvalue weighted by Crippen LogP contribution is -2.40. The summed E-state index contributed by atoms with van der Waals surface area (Å²) in [4.78, 5) is 13.8. The van der Waals surface area contributed by atoms with E-state index < -0.39 is 0 Å². The smallest absolute Gasteiger partial charge is 0.317 e. The fourth-order valence-electron chi connectivity index (χ4n) is 1.75. The van der Waals surface area contributed by atoms with E-state index in [2.05, 4.69) is 19.2 Å². The van der Waals surface area contributed by atoms with Crippen molar-refractivity contribution in [1.82, 2.24) is 10.2 Å². The summed E-state index contributed by atoms with van der Waals surface area (Å²) < 4.78 is 0. The molecule has 1 aromatic carbocycles. The Morgan fingerprint density at radius 2 is 1.72 bits per heavy atom. The Balaban J connectivity index is 2.45. The highest BCUT2D eigenvalue weighted by Crippen LogP contribution is 2.09. The SMILES string of the molecule is CCCN(CCC)C(=O)NCc1ccc(Cl)cc1. The first-order valence-corrected chi connectivity index (χ1v) is 6.82. The monoisotopic (exact) mass is 268 g/mol. The van der Waals surface area contributed by atoms with Gasteiger partial charge in [-0.3, -0.25) is 0 Å². The number of hydrogen-bond acceptors (Lipinski definition) is 1. The largest absolute Gasteiger partial charge is 0.334 e. The quantitative estimate of drug-likeness (QED) is 0.839. The van der Waals surface area contributed by atoms with E-state index in [0.29, 0.717) is 11.6 Å². The number of nitrogens with zero attached hydrogens (tertiary/aromatic N) is 1. The average molecular weight is 269 g/mol. The minimum Gasteiger partial charge on any atom is -0.334 e. The van der Waals surface area contributed by atoms with Crippen molar-refractivity contribution in [2.24, 2.45) is 0 Å². The maximum Gasteiger partial charge on any atom is 0.317 e. The Kier molecular flexibility index (Phi) is 6.58. The van der Waals surface area contributed by atoms with Crippen molar-refractivity contribution in [3.05, 3.63) is 34.9 Å². The lowest BCUT2D eigenvalue weighted by Gasteiger charge is -2.21. The molecule has 3 nitrogen and oxygen atoms in total. The van der Waals surface area contributed by atoms with Gasteiger partial charge in [-0.15, -0.1) is 0 Å². The van der Waals surface area contributed by atoms with E-state index in [1.165, 1.54) is 0 Å². The molecule has 1 aromatic rings. The van der Waals surface area contributed by atoms with E-state index in [0.717, 1.165) is 31.5 Å². The van der Waals surface area contributed by atoms with Crippen molar-refractivity contribution >= 4 is 17.6 Å². The van der Waals surface area contributed by atoms with Crippen LogP contribution >= 0.6 is 11.6 Å². The summed E-state index contributed by atoms with van der Waals surface area (Å²) in [6.07, 6.45) is 1.96. The van der Waals surface area contributed by atoms with E-state index >= 15 is 0 Å². The van der Waals surface area contributed by atoms with Crippen LogP contribution in [0.25, 0.3) is 0 Å². The Morgan fingerprint density at radius 3 is 2.22 bits per heavy atom. The van der Waals surface area contributed by atoms with Crippen LogP contribution in [0.3, 0.4) is 0 Å². The van der Waals surface area contributed by atoms with Gasteiger partial charge in [0.15, 0.2) is 0 Å². The second kappa shape index (κ2) is 7.98. The number of carbonyl (C=O) groups excluding carboxylic acids is 1. The van der Waals surface area contributed by atoms with Gasteiger partial charge in [0, 0.05) is 24.7 Å². The molecule has 0 aromatic heterocycles. The number of benzene rings is 1. The number of nitrogens with one attached hydrogen (secondary N) is 1. The van der Waals surface area contributed by atoms with Gasteiger partial charge in [-0.05, 0) is 30.5 Å². The third-order valence-corrected chi connectivity index (χ3v) is 2.88. The zero-order chi connectivity index (χ0) is 13.4. The topological polar surface area (TPSA) is 32.3 Å². The van der Waals surface area contributed by atoms with Gasteiger partial charge in [0.1, 0.15) is 0 Å². The summed E-state index contributed by atoms with van der Waals surface area (Å²) in [5.41, 5.74) is 1.06. The average Bonchev–Trinajstić information content (AvgIpc) is 2.37. The maximum atomic E-state index is 12.0. The molecule has 0 spiro atoms. The van der Waals surface area contributed by atoms with Crippen molar-refractivity contribution in [3.63, 3.8) is 0 Å². The maximum absolute atomic E-state index is 12.0. The van der Waals surface area contributed by atoms with Gasteiger partial charge >= 0.3 is 6.03 Å². The zero-order valence-electron chi connectivity index (χ0n) is 11.1. The van der Waals surface area contributed by atoms with Gasteiger partial charge in [-0.1, -0.05) is 37.6 Å². The lowest BCUT2D eigenvalue weighted by atomic mass is 10.2. The molecule has 0 fully saturated rings. The molecule has 0 unspecified atom stereocenters. The van der Waals surface area contributed by atoms with E-state index in [4.69, 9.17) is 11.6 Å². The van der Waals surface area contributed by atoms with Crippen LogP contribution in [0, 0.1) is 0 Å². The summed E-state index contributed by atoms with van der Waals surface area (Å²) in [6.45, 7) is 6.31. The first-order chi connectivity index (χ1) is 8.67. The highest BCUT2D eigenvalue weighted by molar-refractivity contribution is 6.30. The normalized spacial score (nSPS) is 10.2. The lowest BCUT2D eigenvalue weighted by molar-refractivity contribution is 0.197. The number of rotatable bonds is 6. The molecule has 0 saturated carbocycles. The summed E-state index contributed by atoms with van der Waals surface area (Å²) in [5, 5.41) is 3.64. The van der Waals surface area contributed by atoms with Crippen LogP contribution in [0.15, 0.2) is 24.3 Å². The van der Waals surface area contributed by atoms with Crippen molar-refractivity contribution in [2.75, 3.05) is 13.1 Å². The zero-order valence-corrected chi connectivity index (χ0v) is 11.8. The first-order valence-electron chi connectivity index (χ1n) is 6.44. The van der Waals surface area contributed by atoms with Crippen molar-refractivity contribution in [3.8, 4) is 0 Å². The minimum absolute atomic E-state index is 0.00801. The van der Waals surface area contributed by atoms with Gasteiger partial charge in [-0.2, -0.15) is 0 Å². The molecule has 0 saturated heterocycles. The molecule has 0 radical (unpaired) electrons. The van der Waals surface area contributed by atoms with Crippen molar-refractivity contribution in [1.29, 1.82) is 0 Å². The van der Waals surface area contributed by atoms with Gasteiger partial charge in [0.05, 0.1) is 0 Å². The van der Waals surface area contributed by atoms with Gasteiger partial charge in [0.2, 0.25) is 0 Å². The predicted octanol–water partition coefficient (Wildman–Crippen LogP) is 3.67. The summed E-state index contributed by atoms with van der Waals surface area (Å²) >= 11 is 5.81. The van der Waals surface area contributed by atoms with Crippen LogP contribution in [0.5, 0.6) is 0 Å². The molecule has 1 rings (SSSR count). The van der Waals surface area contributed by atoms with Crippen LogP contribution in [-0.4, -0.2) is 24.0 Å². The third-order valence-electron chi connectivity index (χ3n) is 2.63. The molecule has 0 bridgehead atoms. The summed E-state index contributed by atoms with van der Waals surface area (Å²) in [7, 11) is 0. The Hall–Kier alpha value is -1.22. The Morgan fingerprint density at radius 1 is 1.17 bits per heavy atom. The molecular formula is C14H21ClN2O. The van der Waals surface area contributed by atoms with Crippen LogP contribution in [-0.2, 0) is 6.54 Å². The fraction of sp³-hybridized carbons (Fsp3) is 0.500. The Bertz CT molecular complexity index is 359. The van der Waals surface area contributed by atoms with Gasteiger partial charge < -0.3 is 10.2 Å². The van der Waals surface area contributed by atoms with Crippen LogP contribution < -0.4 is 5.32 Å². The summed E-state index contributed by atoms with van der Waals surface area (Å²) in [6, 6.07) is 7.52. The number of amides is 2. The minimum atomic E-state index is 0.00801. The van der Waals surface area contributed by atoms with E-state index in [1.54, 1.807) is 0 Å². The van der Waals surface area contributed by atoms with E-state index in [-0.39, 0.29) is 6.03 Å². The van der Waals surface area contributed by atoms with Gasteiger partial charge in [0.25, 0.3) is 0 Å². The molecule has 0 aliphatic rings.